The van der Waals surface area contributed by atoms with Crippen molar-refractivity contribution < 1.29 is 4.74 Å². The van der Waals surface area contributed by atoms with E-state index in [-0.39, 0.29) is 6.10 Å². The Kier molecular flexibility index (Phi) is 5.71. The maximum atomic E-state index is 5.89. The van der Waals surface area contributed by atoms with Gasteiger partial charge in [0, 0.05) is 24.5 Å². The molecule has 1 aromatic heterocycles. The first-order chi connectivity index (χ1) is 10.1. The van der Waals surface area contributed by atoms with E-state index in [4.69, 9.17) is 14.7 Å². The van der Waals surface area contributed by atoms with Crippen molar-refractivity contribution in [3.05, 3.63) is 22.8 Å². The molecule has 1 fully saturated rings. The van der Waals surface area contributed by atoms with E-state index in [2.05, 4.69) is 33.0 Å². The zero-order valence-corrected chi connectivity index (χ0v) is 14.1. The van der Waals surface area contributed by atoms with E-state index in [9.17, 15) is 0 Å². The smallest absolute Gasteiger partial charge is 0.157 e. The molecule has 2 rings (SSSR count). The van der Waals surface area contributed by atoms with Crippen LogP contribution in [0.3, 0.4) is 0 Å². The molecule has 0 aliphatic heterocycles. The summed E-state index contributed by atoms with van der Waals surface area (Å²) in [5.41, 5.74) is 3.49. The van der Waals surface area contributed by atoms with Gasteiger partial charge in [-0.25, -0.2) is 9.97 Å². The summed E-state index contributed by atoms with van der Waals surface area (Å²) in [4.78, 5) is 9.56. The Morgan fingerprint density at radius 2 is 1.81 bits per heavy atom. The summed E-state index contributed by atoms with van der Waals surface area (Å²) >= 11 is 0. The van der Waals surface area contributed by atoms with Crippen LogP contribution in [0.15, 0.2) is 0 Å². The lowest BCUT2D eigenvalue weighted by Gasteiger charge is -2.21. The number of rotatable bonds is 8. The molecule has 1 aliphatic rings. The van der Waals surface area contributed by atoms with Crippen LogP contribution in [0.2, 0.25) is 0 Å². The third-order valence-corrected chi connectivity index (χ3v) is 4.19. The van der Waals surface area contributed by atoms with Crippen LogP contribution < -0.4 is 5.32 Å². The lowest BCUT2D eigenvalue weighted by molar-refractivity contribution is 0.0397. The fourth-order valence-electron chi connectivity index (χ4n) is 3.05. The molecule has 0 aromatic carbocycles. The number of nitrogens with zero attached hydrogens (tertiary/aromatic N) is 2. The molecule has 0 spiro atoms. The molecular formula is C17H29N3O. The Bertz CT molecular complexity index is 448. The van der Waals surface area contributed by atoms with Crippen LogP contribution in [0, 0.1) is 19.8 Å². The molecule has 1 heterocycles. The van der Waals surface area contributed by atoms with Crippen LogP contribution in [0.5, 0.6) is 0 Å². The molecule has 21 heavy (non-hydrogen) atoms. The Labute approximate surface area is 128 Å². The lowest BCUT2D eigenvalue weighted by Crippen LogP contribution is -2.22. The van der Waals surface area contributed by atoms with E-state index in [1.165, 1.54) is 18.4 Å². The minimum Gasteiger partial charge on any atom is -0.370 e. The first-order valence-electron chi connectivity index (χ1n) is 8.25. The highest BCUT2D eigenvalue weighted by Gasteiger charge is 2.35. The number of hydrogen-bond acceptors (Lipinski definition) is 4. The van der Waals surface area contributed by atoms with Gasteiger partial charge in [0.25, 0.3) is 0 Å². The molecule has 2 unspecified atom stereocenters. The van der Waals surface area contributed by atoms with Gasteiger partial charge in [-0.05, 0) is 57.6 Å². The highest BCUT2D eigenvalue weighted by Crippen LogP contribution is 2.42. The molecular weight excluding hydrogens is 262 g/mol. The van der Waals surface area contributed by atoms with Crippen molar-refractivity contribution in [3.63, 3.8) is 0 Å². The molecule has 0 radical (unpaired) electrons. The van der Waals surface area contributed by atoms with E-state index in [0.717, 1.165) is 36.9 Å². The van der Waals surface area contributed by atoms with Crippen molar-refractivity contribution in [1.82, 2.24) is 15.3 Å². The maximum Gasteiger partial charge on any atom is 0.157 e. The van der Waals surface area contributed by atoms with Gasteiger partial charge < -0.3 is 10.1 Å². The number of likely N-dealkylation sites (N-methyl/N-ethyl adjacent to an activating group) is 1. The van der Waals surface area contributed by atoms with Crippen LogP contribution in [0.4, 0.5) is 0 Å². The monoisotopic (exact) mass is 291 g/mol. The van der Waals surface area contributed by atoms with Crippen molar-refractivity contribution in [2.24, 2.45) is 5.92 Å². The van der Waals surface area contributed by atoms with Crippen LogP contribution in [0.1, 0.15) is 68.4 Å². The zero-order chi connectivity index (χ0) is 15.4. The van der Waals surface area contributed by atoms with E-state index < -0.39 is 0 Å². The van der Waals surface area contributed by atoms with Crippen molar-refractivity contribution in [1.29, 1.82) is 0 Å². The van der Waals surface area contributed by atoms with Gasteiger partial charge in [0.15, 0.2) is 5.82 Å². The third kappa shape index (κ3) is 4.01. The molecule has 4 heteroatoms. The second-order valence-corrected chi connectivity index (χ2v) is 6.09. The number of nitrogens with one attached hydrogen (secondary N) is 1. The average Bonchev–Trinajstić information content (AvgIpc) is 3.26. The number of aryl methyl sites for hydroxylation is 2. The molecule has 0 bridgehead atoms. The normalized spacial score (nSPS) is 17.8. The van der Waals surface area contributed by atoms with E-state index >= 15 is 0 Å². The van der Waals surface area contributed by atoms with E-state index in [1.807, 2.05) is 6.92 Å². The summed E-state index contributed by atoms with van der Waals surface area (Å²) in [6.45, 7) is 13.3. The molecule has 1 N–H and O–H groups in total. The summed E-state index contributed by atoms with van der Waals surface area (Å²) in [6, 6.07) is 0. The topological polar surface area (TPSA) is 47.0 Å². The van der Waals surface area contributed by atoms with Crippen LogP contribution >= 0.6 is 0 Å². The summed E-state index contributed by atoms with van der Waals surface area (Å²) in [5.74, 6) is 1.94. The number of aromatic nitrogens is 2. The van der Waals surface area contributed by atoms with Crippen LogP contribution in [-0.4, -0.2) is 29.7 Å². The van der Waals surface area contributed by atoms with Crippen molar-refractivity contribution >= 4 is 0 Å². The van der Waals surface area contributed by atoms with Gasteiger partial charge in [-0.2, -0.15) is 0 Å². The predicted molar refractivity (Wildman–Crippen MR) is 85.6 cm³/mol. The second-order valence-electron chi connectivity index (χ2n) is 6.09. The SMILES string of the molecule is CCNCC(C)c1c(C)nc(C(OCC)C2CC2)nc1C. The van der Waals surface area contributed by atoms with Gasteiger partial charge in [-0.3, -0.25) is 0 Å². The Hall–Kier alpha value is -1.00. The minimum absolute atomic E-state index is 0.0884. The van der Waals surface area contributed by atoms with Gasteiger partial charge in [0.2, 0.25) is 0 Å². The van der Waals surface area contributed by atoms with Crippen molar-refractivity contribution in [2.45, 2.75) is 59.5 Å². The largest absolute Gasteiger partial charge is 0.370 e. The molecule has 0 amide bonds. The number of hydrogen-bond donors (Lipinski definition) is 1. The molecule has 1 aromatic rings. The fraction of sp³-hybridized carbons (Fsp3) is 0.765. The predicted octanol–water partition coefficient (Wildman–Crippen LogP) is 3.29. The maximum absolute atomic E-state index is 5.89. The quantitative estimate of drug-likeness (QED) is 0.798. The first kappa shape index (κ1) is 16.4. The lowest BCUT2D eigenvalue weighted by atomic mass is 9.97. The van der Waals surface area contributed by atoms with E-state index in [0.29, 0.717) is 11.8 Å². The molecule has 0 saturated heterocycles. The highest BCUT2D eigenvalue weighted by atomic mass is 16.5. The Balaban J connectivity index is 2.23. The van der Waals surface area contributed by atoms with E-state index in [1.54, 1.807) is 0 Å². The Morgan fingerprint density at radius 3 is 2.29 bits per heavy atom. The summed E-state index contributed by atoms with van der Waals surface area (Å²) in [7, 11) is 0. The average molecular weight is 291 g/mol. The fourth-order valence-corrected chi connectivity index (χ4v) is 3.05. The Morgan fingerprint density at radius 1 is 1.19 bits per heavy atom. The highest BCUT2D eigenvalue weighted by molar-refractivity contribution is 5.29. The minimum atomic E-state index is 0.0884. The molecule has 2 atom stereocenters. The third-order valence-electron chi connectivity index (χ3n) is 4.19. The summed E-state index contributed by atoms with van der Waals surface area (Å²) < 4.78 is 5.89. The molecule has 1 saturated carbocycles. The summed E-state index contributed by atoms with van der Waals surface area (Å²) in [5, 5.41) is 3.41. The van der Waals surface area contributed by atoms with Crippen molar-refractivity contribution in [3.8, 4) is 0 Å². The zero-order valence-electron chi connectivity index (χ0n) is 14.1. The van der Waals surface area contributed by atoms with Crippen LogP contribution in [-0.2, 0) is 4.74 Å². The van der Waals surface area contributed by atoms with Gasteiger partial charge >= 0.3 is 0 Å². The van der Waals surface area contributed by atoms with Gasteiger partial charge in [0.05, 0.1) is 0 Å². The molecule has 118 valence electrons. The summed E-state index contributed by atoms with van der Waals surface area (Å²) in [6.07, 6.45) is 2.57. The van der Waals surface area contributed by atoms with Crippen LogP contribution in [0.25, 0.3) is 0 Å². The molecule has 1 aliphatic carbocycles. The first-order valence-corrected chi connectivity index (χ1v) is 8.25. The second kappa shape index (κ2) is 7.32. The van der Waals surface area contributed by atoms with Gasteiger partial charge in [0.1, 0.15) is 6.10 Å². The molecule has 4 nitrogen and oxygen atoms in total. The standard InChI is InChI=1S/C17H29N3O/c1-6-18-10-11(3)15-12(4)19-17(20-13(15)5)16(21-7-2)14-8-9-14/h11,14,16,18H,6-10H2,1-5H3. The van der Waals surface area contributed by atoms with Crippen molar-refractivity contribution in [2.75, 3.05) is 19.7 Å². The number of ether oxygens (including phenoxy) is 1. The van der Waals surface area contributed by atoms with Gasteiger partial charge in [-0.1, -0.05) is 13.8 Å². The van der Waals surface area contributed by atoms with Gasteiger partial charge in [-0.15, -0.1) is 0 Å².